The number of carbonyl (C=O) groups is 2. The van der Waals surface area contributed by atoms with Gasteiger partial charge in [-0.1, -0.05) is 41.4 Å². The van der Waals surface area contributed by atoms with Gasteiger partial charge < -0.3 is 5.32 Å². The highest BCUT2D eigenvalue weighted by Gasteiger charge is 2.38. The monoisotopic (exact) mass is 344 g/mol. The summed E-state index contributed by atoms with van der Waals surface area (Å²) in [6.07, 6.45) is 0. The Bertz CT molecular complexity index is 533. The van der Waals surface area contributed by atoms with E-state index in [0.29, 0.717) is 10.7 Å². The molecule has 0 aromatic heterocycles. The van der Waals surface area contributed by atoms with E-state index < -0.39 is 6.04 Å². The van der Waals surface area contributed by atoms with E-state index in [2.05, 4.69) is 21.2 Å². The van der Waals surface area contributed by atoms with Crippen LogP contribution in [-0.4, -0.2) is 24.4 Å². The summed E-state index contributed by atoms with van der Waals surface area (Å²) in [5.41, 5.74) is 0.573. The molecule has 19 heavy (non-hydrogen) atoms. The molecule has 2 amide bonds. The molecule has 0 bridgehead atoms. The van der Waals surface area contributed by atoms with Gasteiger partial charge in [0.05, 0.1) is 17.3 Å². The van der Waals surface area contributed by atoms with Gasteiger partial charge in [-0.25, -0.2) is 0 Å². The van der Waals surface area contributed by atoms with Gasteiger partial charge in [-0.15, -0.1) is 0 Å². The molecule has 0 spiro atoms. The molecule has 1 fully saturated rings. The normalized spacial score (nSPS) is 19.8. The standard InChI is InChI=1S/C13H14BrClN2O2/c1-7(2)12-13(19)16-6-11(18)17(12)10-4-3-8(14)5-9(10)15/h3-5,7,12H,6H2,1-2H3,(H,16,19). The van der Waals surface area contributed by atoms with E-state index in [9.17, 15) is 9.59 Å². The fourth-order valence-electron chi connectivity index (χ4n) is 2.19. The summed E-state index contributed by atoms with van der Waals surface area (Å²) < 4.78 is 0.830. The molecule has 102 valence electrons. The Morgan fingerprint density at radius 3 is 2.68 bits per heavy atom. The minimum absolute atomic E-state index is 0.00367. The molecule has 0 aliphatic carbocycles. The molecule has 1 N–H and O–H groups in total. The highest BCUT2D eigenvalue weighted by atomic mass is 79.9. The Morgan fingerprint density at radius 2 is 2.11 bits per heavy atom. The first-order valence-corrected chi connectivity index (χ1v) is 7.13. The Kier molecular flexibility index (Phi) is 4.16. The lowest BCUT2D eigenvalue weighted by molar-refractivity contribution is -0.131. The van der Waals surface area contributed by atoms with Crippen LogP contribution in [0.1, 0.15) is 13.8 Å². The second-order valence-corrected chi connectivity index (χ2v) is 6.09. The summed E-state index contributed by atoms with van der Waals surface area (Å²) in [4.78, 5) is 25.6. The molecular weight excluding hydrogens is 332 g/mol. The van der Waals surface area contributed by atoms with E-state index in [4.69, 9.17) is 11.6 Å². The van der Waals surface area contributed by atoms with Crippen LogP contribution in [0.25, 0.3) is 0 Å². The van der Waals surface area contributed by atoms with Crippen molar-refractivity contribution in [3.8, 4) is 0 Å². The quantitative estimate of drug-likeness (QED) is 0.895. The molecule has 1 aliphatic rings. The van der Waals surface area contributed by atoms with Crippen LogP contribution in [0.3, 0.4) is 0 Å². The maximum Gasteiger partial charge on any atom is 0.247 e. The summed E-state index contributed by atoms with van der Waals surface area (Å²) in [5.74, 6) is -0.292. The Labute approximate surface area is 125 Å². The number of rotatable bonds is 2. The van der Waals surface area contributed by atoms with Gasteiger partial charge in [0.2, 0.25) is 11.8 Å². The zero-order valence-corrected chi connectivity index (χ0v) is 13.0. The summed E-state index contributed by atoms with van der Waals surface area (Å²) in [6, 6.07) is 4.74. The number of amides is 2. The van der Waals surface area contributed by atoms with Crippen LogP contribution in [0.2, 0.25) is 5.02 Å². The van der Waals surface area contributed by atoms with Crippen molar-refractivity contribution in [1.29, 1.82) is 0 Å². The third-order valence-electron chi connectivity index (χ3n) is 3.03. The highest BCUT2D eigenvalue weighted by molar-refractivity contribution is 9.10. The van der Waals surface area contributed by atoms with Crippen LogP contribution in [-0.2, 0) is 9.59 Å². The van der Waals surface area contributed by atoms with Gasteiger partial charge in [0.15, 0.2) is 0 Å². The second-order valence-electron chi connectivity index (χ2n) is 4.77. The highest BCUT2D eigenvalue weighted by Crippen LogP contribution is 2.32. The van der Waals surface area contributed by atoms with E-state index in [0.717, 1.165) is 4.47 Å². The fourth-order valence-corrected chi connectivity index (χ4v) is 2.95. The average molecular weight is 346 g/mol. The van der Waals surface area contributed by atoms with E-state index >= 15 is 0 Å². The van der Waals surface area contributed by atoms with E-state index in [1.807, 2.05) is 13.8 Å². The maximum atomic E-state index is 12.1. The summed E-state index contributed by atoms with van der Waals surface area (Å²) >= 11 is 9.51. The van der Waals surface area contributed by atoms with Gasteiger partial charge in [-0.2, -0.15) is 0 Å². The predicted octanol–water partition coefficient (Wildman–Crippen LogP) is 2.59. The molecular formula is C13H14BrClN2O2. The molecule has 1 aromatic rings. The molecule has 6 heteroatoms. The lowest BCUT2D eigenvalue weighted by Gasteiger charge is -2.37. The number of nitrogens with one attached hydrogen (secondary N) is 1. The number of piperazine rings is 1. The maximum absolute atomic E-state index is 12.1. The topological polar surface area (TPSA) is 49.4 Å². The number of carbonyl (C=O) groups excluding carboxylic acids is 2. The summed E-state index contributed by atoms with van der Waals surface area (Å²) in [5, 5.41) is 3.06. The number of hydrogen-bond acceptors (Lipinski definition) is 2. The van der Waals surface area contributed by atoms with Crippen molar-refractivity contribution in [1.82, 2.24) is 5.32 Å². The minimum atomic E-state index is -0.528. The van der Waals surface area contributed by atoms with Crippen molar-refractivity contribution in [3.05, 3.63) is 27.7 Å². The number of nitrogens with zero attached hydrogens (tertiary/aromatic N) is 1. The van der Waals surface area contributed by atoms with Crippen molar-refractivity contribution in [2.75, 3.05) is 11.4 Å². The zero-order chi connectivity index (χ0) is 14.2. The van der Waals surface area contributed by atoms with Gasteiger partial charge in [0.1, 0.15) is 6.04 Å². The number of benzene rings is 1. The molecule has 1 atom stereocenters. The largest absolute Gasteiger partial charge is 0.345 e. The first-order valence-electron chi connectivity index (χ1n) is 5.96. The van der Waals surface area contributed by atoms with Crippen molar-refractivity contribution in [3.63, 3.8) is 0 Å². The number of anilines is 1. The third-order valence-corrected chi connectivity index (χ3v) is 3.83. The molecule has 0 saturated carbocycles. The number of halogens is 2. The fraction of sp³-hybridized carbons (Fsp3) is 0.385. The molecule has 2 rings (SSSR count). The van der Waals surface area contributed by atoms with Gasteiger partial charge >= 0.3 is 0 Å². The van der Waals surface area contributed by atoms with Gasteiger partial charge in [-0.3, -0.25) is 14.5 Å². The van der Waals surface area contributed by atoms with Crippen LogP contribution in [0.4, 0.5) is 5.69 Å². The zero-order valence-electron chi connectivity index (χ0n) is 10.6. The molecule has 1 heterocycles. The van der Waals surface area contributed by atoms with Crippen molar-refractivity contribution < 1.29 is 9.59 Å². The Hall–Kier alpha value is -1.07. The van der Waals surface area contributed by atoms with Gasteiger partial charge in [0, 0.05) is 4.47 Å². The lowest BCUT2D eigenvalue weighted by Crippen LogP contribution is -2.60. The van der Waals surface area contributed by atoms with Crippen LogP contribution in [0.5, 0.6) is 0 Å². The minimum Gasteiger partial charge on any atom is -0.345 e. The number of hydrogen-bond donors (Lipinski definition) is 1. The van der Waals surface area contributed by atoms with Gasteiger partial charge in [-0.05, 0) is 24.1 Å². The summed E-state index contributed by atoms with van der Waals surface area (Å²) in [7, 11) is 0. The van der Waals surface area contributed by atoms with Crippen molar-refractivity contribution in [2.24, 2.45) is 5.92 Å². The van der Waals surface area contributed by atoms with Crippen LogP contribution in [0.15, 0.2) is 22.7 Å². The van der Waals surface area contributed by atoms with Gasteiger partial charge in [0.25, 0.3) is 0 Å². The summed E-state index contributed by atoms with van der Waals surface area (Å²) in [6.45, 7) is 3.82. The van der Waals surface area contributed by atoms with E-state index in [-0.39, 0.29) is 24.3 Å². The van der Waals surface area contributed by atoms with E-state index in [1.165, 1.54) is 4.90 Å². The smallest absolute Gasteiger partial charge is 0.247 e. The molecule has 0 radical (unpaired) electrons. The van der Waals surface area contributed by atoms with Crippen LogP contribution < -0.4 is 10.2 Å². The lowest BCUT2D eigenvalue weighted by atomic mass is 9.98. The first-order chi connectivity index (χ1) is 8.91. The van der Waals surface area contributed by atoms with Crippen LogP contribution in [0, 0.1) is 5.92 Å². The van der Waals surface area contributed by atoms with E-state index in [1.54, 1.807) is 18.2 Å². The molecule has 1 aromatic carbocycles. The Morgan fingerprint density at radius 1 is 1.42 bits per heavy atom. The molecule has 4 nitrogen and oxygen atoms in total. The van der Waals surface area contributed by atoms with Crippen LogP contribution >= 0.6 is 27.5 Å². The predicted molar refractivity (Wildman–Crippen MR) is 78.3 cm³/mol. The first kappa shape index (κ1) is 14.3. The molecule has 1 saturated heterocycles. The van der Waals surface area contributed by atoms with Crippen molar-refractivity contribution in [2.45, 2.75) is 19.9 Å². The van der Waals surface area contributed by atoms with Crippen molar-refractivity contribution >= 4 is 45.0 Å². The Balaban J connectivity index is 2.48. The second kappa shape index (κ2) is 5.51. The third kappa shape index (κ3) is 2.77. The molecule has 1 aliphatic heterocycles. The SMILES string of the molecule is CC(C)C1C(=O)NCC(=O)N1c1ccc(Br)cc1Cl. The molecule has 1 unspecified atom stereocenters. The average Bonchev–Trinajstić information content (AvgIpc) is 2.32.